The third-order valence-corrected chi connectivity index (χ3v) is 4.01. The third kappa shape index (κ3) is 6.75. The molecule has 2 unspecified atom stereocenters. The molecule has 0 aliphatic heterocycles. The molecule has 0 bridgehead atoms. The largest absolute Gasteiger partial charge is 0.313 e. The molecule has 0 aromatic heterocycles. The van der Waals surface area contributed by atoms with Gasteiger partial charge in [0.25, 0.3) is 0 Å². The van der Waals surface area contributed by atoms with E-state index in [0.29, 0.717) is 17.5 Å². The molecule has 0 saturated carbocycles. The average molecular weight is 256 g/mol. The van der Waals surface area contributed by atoms with Crippen molar-refractivity contribution in [2.24, 2.45) is 5.41 Å². The number of rotatable bonds is 9. The lowest BCUT2D eigenvalue weighted by Gasteiger charge is -2.35. The lowest BCUT2D eigenvalue weighted by molar-refractivity contribution is 0.174. The highest BCUT2D eigenvalue weighted by molar-refractivity contribution is 4.82. The summed E-state index contributed by atoms with van der Waals surface area (Å²) in [6.07, 6.45) is 3.72. The van der Waals surface area contributed by atoms with E-state index in [-0.39, 0.29) is 0 Å². The Labute approximate surface area is 116 Å². The van der Waals surface area contributed by atoms with Gasteiger partial charge in [0.05, 0.1) is 0 Å². The van der Waals surface area contributed by atoms with Gasteiger partial charge in [-0.1, -0.05) is 41.5 Å². The Morgan fingerprint density at radius 1 is 1.11 bits per heavy atom. The molecule has 0 amide bonds. The minimum atomic E-state index is 0.351. The monoisotopic (exact) mass is 256 g/mol. The number of hydrogen-bond donors (Lipinski definition) is 1. The van der Waals surface area contributed by atoms with E-state index in [0.717, 1.165) is 6.54 Å². The van der Waals surface area contributed by atoms with Crippen molar-refractivity contribution < 1.29 is 0 Å². The van der Waals surface area contributed by atoms with E-state index in [2.05, 4.69) is 58.7 Å². The summed E-state index contributed by atoms with van der Waals surface area (Å²) in [5, 5.41) is 3.72. The lowest BCUT2D eigenvalue weighted by Crippen LogP contribution is -2.44. The van der Waals surface area contributed by atoms with Gasteiger partial charge in [-0.05, 0) is 51.2 Å². The van der Waals surface area contributed by atoms with E-state index in [1.165, 1.54) is 32.4 Å². The predicted octanol–water partition coefficient (Wildman–Crippen LogP) is 3.91. The van der Waals surface area contributed by atoms with Gasteiger partial charge in [0.1, 0.15) is 0 Å². The van der Waals surface area contributed by atoms with Crippen LogP contribution in [-0.4, -0.2) is 36.6 Å². The van der Waals surface area contributed by atoms with Crippen LogP contribution < -0.4 is 5.32 Å². The van der Waals surface area contributed by atoms with E-state index < -0.39 is 0 Å². The van der Waals surface area contributed by atoms with Crippen LogP contribution in [0.15, 0.2) is 0 Å². The van der Waals surface area contributed by atoms with Crippen LogP contribution in [0.1, 0.15) is 67.7 Å². The molecular weight excluding hydrogens is 220 g/mol. The van der Waals surface area contributed by atoms with Crippen molar-refractivity contribution in [1.82, 2.24) is 10.2 Å². The molecule has 0 aromatic carbocycles. The van der Waals surface area contributed by atoms with Gasteiger partial charge >= 0.3 is 0 Å². The molecule has 1 N–H and O–H groups in total. The van der Waals surface area contributed by atoms with E-state index in [1.54, 1.807) is 0 Å². The van der Waals surface area contributed by atoms with Crippen molar-refractivity contribution in [3.05, 3.63) is 0 Å². The fraction of sp³-hybridized carbons (Fsp3) is 1.00. The molecule has 0 fully saturated rings. The summed E-state index contributed by atoms with van der Waals surface area (Å²) in [7, 11) is 0. The zero-order chi connectivity index (χ0) is 14.2. The van der Waals surface area contributed by atoms with Gasteiger partial charge in [-0.15, -0.1) is 0 Å². The SMILES string of the molecule is CCCNC(CCN(CC)C(C)CC)C(C)(C)C. The second-order valence-corrected chi connectivity index (χ2v) is 6.55. The van der Waals surface area contributed by atoms with E-state index in [4.69, 9.17) is 0 Å². The molecule has 0 saturated heterocycles. The first-order valence-corrected chi connectivity index (χ1v) is 7.84. The van der Waals surface area contributed by atoms with E-state index in [1.807, 2.05) is 0 Å². The predicted molar refractivity (Wildman–Crippen MR) is 83.2 cm³/mol. The minimum Gasteiger partial charge on any atom is -0.313 e. The highest BCUT2D eigenvalue weighted by Crippen LogP contribution is 2.22. The lowest BCUT2D eigenvalue weighted by atomic mass is 9.84. The fourth-order valence-corrected chi connectivity index (χ4v) is 2.40. The summed E-state index contributed by atoms with van der Waals surface area (Å²) < 4.78 is 0. The molecule has 0 rings (SSSR count). The number of hydrogen-bond acceptors (Lipinski definition) is 2. The van der Waals surface area contributed by atoms with Crippen LogP contribution in [-0.2, 0) is 0 Å². The standard InChI is InChI=1S/C16H36N2/c1-8-12-17-15(16(5,6)7)11-13-18(10-3)14(4)9-2/h14-15,17H,8-13H2,1-7H3. The van der Waals surface area contributed by atoms with Gasteiger partial charge in [0.15, 0.2) is 0 Å². The van der Waals surface area contributed by atoms with Crippen molar-refractivity contribution in [1.29, 1.82) is 0 Å². The maximum Gasteiger partial charge on any atom is 0.0128 e. The summed E-state index contributed by atoms with van der Waals surface area (Å²) in [5.41, 5.74) is 0.351. The molecule has 110 valence electrons. The average Bonchev–Trinajstić information content (AvgIpc) is 2.31. The summed E-state index contributed by atoms with van der Waals surface area (Å²) in [6, 6.07) is 1.33. The Bertz CT molecular complexity index is 196. The third-order valence-electron chi connectivity index (χ3n) is 4.01. The Morgan fingerprint density at radius 2 is 1.72 bits per heavy atom. The molecule has 0 aliphatic carbocycles. The Morgan fingerprint density at radius 3 is 2.11 bits per heavy atom. The van der Waals surface area contributed by atoms with Crippen molar-refractivity contribution >= 4 is 0 Å². The maximum atomic E-state index is 3.72. The first kappa shape index (κ1) is 17.9. The molecule has 0 aromatic rings. The molecule has 0 radical (unpaired) electrons. The van der Waals surface area contributed by atoms with Crippen molar-refractivity contribution in [3.8, 4) is 0 Å². The normalized spacial score (nSPS) is 16.0. The molecule has 0 spiro atoms. The Kier molecular flexibility index (Phi) is 8.89. The van der Waals surface area contributed by atoms with Crippen molar-refractivity contribution in [2.45, 2.75) is 79.8 Å². The van der Waals surface area contributed by atoms with Crippen LogP contribution in [0.4, 0.5) is 0 Å². The van der Waals surface area contributed by atoms with E-state index in [9.17, 15) is 0 Å². The van der Waals surface area contributed by atoms with Crippen LogP contribution in [0.2, 0.25) is 0 Å². The Hall–Kier alpha value is -0.0800. The Balaban J connectivity index is 4.31. The first-order chi connectivity index (χ1) is 8.36. The van der Waals surface area contributed by atoms with Crippen molar-refractivity contribution in [2.75, 3.05) is 19.6 Å². The summed E-state index contributed by atoms with van der Waals surface area (Å²) in [6.45, 7) is 19.7. The van der Waals surface area contributed by atoms with Gasteiger partial charge < -0.3 is 10.2 Å². The zero-order valence-corrected chi connectivity index (χ0v) is 13.8. The quantitative estimate of drug-likeness (QED) is 0.673. The zero-order valence-electron chi connectivity index (χ0n) is 13.8. The molecule has 2 atom stereocenters. The van der Waals surface area contributed by atoms with E-state index >= 15 is 0 Å². The smallest absolute Gasteiger partial charge is 0.0128 e. The van der Waals surface area contributed by atoms with Gasteiger partial charge in [-0.2, -0.15) is 0 Å². The van der Waals surface area contributed by atoms with Crippen LogP contribution in [0.5, 0.6) is 0 Å². The highest BCUT2D eigenvalue weighted by atomic mass is 15.1. The van der Waals surface area contributed by atoms with Crippen LogP contribution in [0.3, 0.4) is 0 Å². The summed E-state index contributed by atoms with van der Waals surface area (Å²) in [4.78, 5) is 2.60. The van der Waals surface area contributed by atoms with Gasteiger partial charge in [-0.3, -0.25) is 0 Å². The van der Waals surface area contributed by atoms with Crippen LogP contribution in [0, 0.1) is 5.41 Å². The van der Waals surface area contributed by atoms with Gasteiger partial charge in [0.2, 0.25) is 0 Å². The first-order valence-electron chi connectivity index (χ1n) is 7.84. The molecule has 2 nitrogen and oxygen atoms in total. The minimum absolute atomic E-state index is 0.351. The molecule has 0 heterocycles. The molecule has 18 heavy (non-hydrogen) atoms. The second kappa shape index (κ2) is 8.92. The summed E-state index contributed by atoms with van der Waals surface area (Å²) >= 11 is 0. The fourth-order valence-electron chi connectivity index (χ4n) is 2.40. The topological polar surface area (TPSA) is 15.3 Å². The van der Waals surface area contributed by atoms with Crippen molar-refractivity contribution in [3.63, 3.8) is 0 Å². The second-order valence-electron chi connectivity index (χ2n) is 6.55. The molecule has 2 heteroatoms. The van der Waals surface area contributed by atoms with Gasteiger partial charge in [0, 0.05) is 12.1 Å². The number of nitrogens with one attached hydrogen (secondary N) is 1. The van der Waals surface area contributed by atoms with Gasteiger partial charge in [-0.25, -0.2) is 0 Å². The number of nitrogens with zero attached hydrogens (tertiary/aromatic N) is 1. The maximum absolute atomic E-state index is 3.72. The molecule has 0 aliphatic rings. The van der Waals surface area contributed by atoms with Crippen LogP contribution in [0.25, 0.3) is 0 Å². The van der Waals surface area contributed by atoms with Crippen LogP contribution >= 0.6 is 0 Å². The summed E-state index contributed by atoms with van der Waals surface area (Å²) in [5.74, 6) is 0. The molecular formula is C16H36N2. The highest BCUT2D eigenvalue weighted by Gasteiger charge is 2.24.